The molecule has 0 fully saturated rings. The molecule has 0 spiro atoms. The fourth-order valence-corrected chi connectivity index (χ4v) is 1.69. The molecule has 0 aliphatic rings. The topological polar surface area (TPSA) is 43.4 Å². The summed E-state index contributed by atoms with van der Waals surface area (Å²) < 4.78 is 26.7. The van der Waals surface area contributed by atoms with Crippen molar-refractivity contribution in [3.8, 4) is 5.75 Å². The van der Waals surface area contributed by atoms with Crippen LogP contribution in [-0.2, 0) is 10.1 Å². The molecule has 0 aromatic heterocycles. The zero-order valence-electron chi connectivity index (χ0n) is 9.29. The second-order valence-electron chi connectivity index (χ2n) is 3.42. The highest BCUT2D eigenvalue weighted by Crippen LogP contribution is 2.24. The predicted molar refractivity (Wildman–Crippen MR) is 66.5 cm³/mol. The van der Waals surface area contributed by atoms with Gasteiger partial charge in [-0.25, -0.2) is 0 Å². The largest absolute Gasteiger partial charge is 0.382 e. The lowest BCUT2D eigenvalue weighted by Gasteiger charge is -2.10. The lowest BCUT2D eigenvalue weighted by Crippen LogP contribution is -2.07. The summed E-state index contributed by atoms with van der Waals surface area (Å²) in [7, 11) is -3.43. The molecule has 0 aliphatic heterocycles. The minimum atomic E-state index is -3.43. The molecule has 0 radical (unpaired) electrons. The van der Waals surface area contributed by atoms with Gasteiger partial charge < -0.3 is 4.18 Å². The molecule has 0 heterocycles. The molecule has 0 atom stereocenters. The van der Waals surface area contributed by atoms with E-state index in [1.165, 1.54) is 0 Å². The molecule has 3 nitrogen and oxygen atoms in total. The second kappa shape index (κ2) is 4.90. The Bertz CT molecular complexity index is 450. The number of benzene rings is 1. The molecule has 0 saturated carbocycles. The lowest BCUT2D eigenvalue weighted by molar-refractivity contribution is 0.490. The van der Waals surface area contributed by atoms with Crippen molar-refractivity contribution < 1.29 is 12.6 Å². The molecule has 1 rings (SSSR count). The minimum Gasteiger partial charge on any atom is -0.382 e. The van der Waals surface area contributed by atoms with Crippen molar-refractivity contribution in [2.75, 3.05) is 6.26 Å². The van der Waals surface area contributed by atoms with Gasteiger partial charge in [0, 0.05) is 0 Å². The fraction of sp³-hybridized carbons (Fsp3) is 0.400. The van der Waals surface area contributed by atoms with Gasteiger partial charge in [-0.2, -0.15) is 21.9 Å². The predicted octanol–water partition coefficient (Wildman–Crippen LogP) is 2.06. The Kier molecular flexibility index (Phi) is 4.67. The van der Waals surface area contributed by atoms with Crippen molar-refractivity contribution >= 4 is 23.6 Å². The third kappa shape index (κ3) is 3.76. The van der Waals surface area contributed by atoms with E-state index in [1.807, 2.05) is 26.8 Å². The Morgan fingerprint density at radius 1 is 1.07 bits per heavy atom. The van der Waals surface area contributed by atoms with E-state index in [2.05, 4.69) is 0 Å². The van der Waals surface area contributed by atoms with Crippen LogP contribution in [0.4, 0.5) is 0 Å². The van der Waals surface area contributed by atoms with E-state index >= 15 is 0 Å². The summed E-state index contributed by atoms with van der Waals surface area (Å²) in [6.45, 7) is 5.77. The minimum absolute atomic E-state index is 0. The maximum atomic E-state index is 10.9. The van der Waals surface area contributed by atoms with Crippen LogP contribution in [0.3, 0.4) is 0 Å². The smallest absolute Gasteiger partial charge is 0.306 e. The van der Waals surface area contributed by atoms with E-state index in [4.69, 9.17) is 4.18 Å². The van der Waals surface area contributed by atoms with Gasteiger partial charge in [-0.05, 0) is 43.5 Å². The summed E-state index contributed by atoms with van der Waals surface area (Å²) in [5, 5.41) is 0. The number of rotatable bonds is 2. The molecular formula is C10H16O3S2. The van der Waals surface area contributed by atoms with E-state index in [0.717, 1.165) is 22.9 Å². The number of aryl methyl sites for hydroxylation is 1. The van der Waals surface area contributed by atoms with Crippen LogP contribution in [-0.4, -0.2) is 14.7 Å². The van der Waals surface area contributed by atoms with Crippen LogP contribution in [0.25, 0.3) is 0 Å². The lowest BCUT2D eigenvalue weighted by atomic mass is 10.0. The van der Waals surface area contributed by atoms with Gasteiger partial charge in [0.05, 0.1) is 6.26 Å². The normalized spacial score (nSPS) is 10.7. The van der Waals surface area contributed by atoms with Crippen LogP contribution in [0, 0.1) is 20.8 Å². The van der Waals surface area contributed by atoms with Gasteiger partial charge in [-0.3, -0.25) is 0 Å². The maximum absolute atomic E-state index is 10.9. The van der Waals surface area contributed by atoms with Crippen molar-refractivity contribution in [2.45, 2.75) is 20.8 Å². The molecule has 5 heteroatoms. The third-order valence-electron chi connectivity index (χ3n) is 2.25. The molecule has 0 amide bonds. The Balaban J connectivity index is 0.00000196. The quantitative estimate of drug-likeness (QED) is 0.752. The average molecular weight is 248 g/mol. The van der Waals surface area contributed by atoms with E-state index in [0.29, 0.717) is 5.75 Å². The Hall–Kier alpha value is -0.680. The van der Waals surface area contributed by atoms with Crippen molar-refractivity contribution in [2.24, 2.45) is 0 Å². The monoisotopic (exact) mass is 248 g/mol. The molecule has 0 saturated heterocycles. The van der Waals surface area contributed by atoms with Gasteiger partial charge >= 0.3 is 10.1 Å². The van der Waals surface area contributed by atoms with E-state index < -0.39 is 10.1 Å². The van der Waals surface area contributed by atoms with Crippen molar-refractivity contribution in [3.05, 3.63) is 28.8 Å². The SMILES string of the molecule is Cc1ccc(OS(C)(=O)=O)c(C)c1C.S. The zero-order chi connectivity index (χ0) is 10.9. The van der Waals surface area contributed by atoms with Gasteiger partial charge in [0.2, 0.25) is 0 Å². The van der Waals surface area contributed by atoms with Crippen LogP contribution >= 0.6 is 13.5 Å². The van der Waals surface area contributed by atoms with E-state index in [1.54, 1.807) is 6.07 Å². The Labute approximate surface area is 98.0 Å². The summed E-state index contributed by atoms with van der Waals surface area (Å²) in [6, 6.07) is 3.53. The fourth-order valence-electron chi connectivity index (χ4n) is 1.18. The summed E-state index contributed by atoms with van der Waals surface area (Å²) in [6.07, 6.45) is 1.04. The van der Waals surface area contributed by atoms with E-state index in [-0.39, 0.29) is 13.5 Å². The second-order valence-corrected chi connectivity index (χ2v) is 4.99. The first kappa shape index (κ1) is 14.3. The van der Waals surface area contributed by atoms with Crippen LogP contribution in [0.15, 0.2) is 12.1 Å². The molecule has 1 aromatic rings. The Morgan fingerprint density at radius 3 is 2.07 bits per heavy atom. The van der Waals surface area contributed by atoms with Gasteiger partial charge in [0.1, 0.15) is 5.75 Å². The first-order valence-corrected chi connectivity index (χ1v) is 6.09. The van der Waals surface area contributed by atoms with Gasteiger partial charge in [-0.1, -0.05) is 6.07 Å². The van der Waals surface area contributed by atoms with Gasteiger partial charge in [-0.15, -0.1) is 0 Å². The molecule has 0 N–H and O–H groups in total. The van der Waals surface area contributed by atoms with Crippen LogP contribution in [0.1, 0.15) is 16.7 Å². The molecule has 0 unspecified atom stereocenters. The zero-order valence-corrected chi connectivity index (χ0v) is 11.1. The molecule has 0 aliphatic carbocycles. The van der Waals surface area contributed by atoms with Crippen molar-refractivity contribution in [1.82, 2.24) is 0 Å². The highest BCUT2D eigenvalue weighted by molar-refractivity contribution is 7.86. The average Bonchev–Trinajstić information content (AvgIpc) is 2.04. The van der Waals surface area contributed by atoms with Crippen molar-refractivity contribution in [3.63, 3.8) is 0 Å². The molecule has 1 aromatic carbocycles. The highest BCUT2D eigenvalue weighted by atomic mass is 32.2. The Morgan fingerprint density at radius 2 is 1.60 bits per heavy atom. The molecule has 0 bridgehead atoms. The summed E-state index contributed by atoms with van der Waals surface area (Å²) in [5.74, 6) is 0.413. The van der Waals surface area contributed by atoms with Gasteiger partial charge in [0.15, 0.2) is 0 Å². The number of hydrogen-bond acceptors (Lipinski definition) is 3. The molecule has 15 heavy (non-hydrogen) atoms. The molecular weight excluding hydrogens is 232 g/mol. The maximum Gasteiger partial charge on any atom is 0.306 e. The summed E-state index contributed by atoms with van der Waals surface area (Å²) >= 11 is 0. The number of hydrogen-bond donors (Lipinski definition) is 0. The van der Waals surface area contributed by atoms with Crippen LogP contribution in [0.2, 0.25) is 0 Å². The standard InChI is InChI=1S/C10H14O3S.H2S/c1-7-5-6-10(9(3)8(7)2)13-14(4,11)12;/h5-6H,1-4H3;1H2. The summed E-state index contributed by atoms with van der Waals surface area (Å²) in [5.41, 5.74) is 3.06. The first-order chi connectivity index (χ1) is 6.31. The van der Waals surface area contributed by atoms with E-state index in [9.17, 15) is 8.42 Å². The van der Waals surface area contributed by atoms with Crippen LogP contribution < -0.4 is 4.18 Å². The third-order valence-corrected chi connectivity index (χ3v) is 2.73. The van der Waals surface area contributed by atoms with Gasteiger partial charge in [0.25, 0.3) is 0 Å². The summed E-state index contributed by atoms with van der Waals surface area (Å²) in [4.78, 5) is 0. The first-order valence-electron chi connectivity index (χ1n) is 4.27. The molecule has 86 valence electrons. The van der Waals surface area contributed by atoms with Crippen molar-refractivity contribution in [1.29, 1.82) is 0 Å². The highest BCUT2D eigenvalue weighted by Gasteiger charge is 2.09. The van der Waals surface area contributed by atoms with Crippen LogP contribution in [0.5, 0.6) is 5.75 Å².